The third-order valence-electron chi connectivity index (χ3n) is 10.9. The van der Waals surface area contributed by atoms with Crippen LogP contribution in [0.5, 0.6) is 0 Å². The summed E-state index contributed by atoms with van der Waals surface area (Å²) < 4.78 is 0. The van der Waals surface area contributed by atoms with Gasteiger partial charge in [-0.3, -0.25) is 34.9 Å². The van der Waals surface area contributed by atoms with Crippen molar-refractivity contribution in [3.8, 4) is 33.5 Å². The van der Waals surface area contributed by atoms with Crippen molar-refractivity contribution >= 4 is 87.2 Å². The lowest BCUT2D eigenvalue weighted by Crippen LogP contribution is -2.00. The standard InChI is InChI=1S/C48H26N8/c1-6-30-37(25-41-35(10-5-21-52-41)45(30)53-22-1)48-43(29-17-23-54-46-31(29)12-15-39-33(46)8-3-19-50-39)42(36-13-16-40-34(47(36)56-48)9-4-20-51-40)28-24-27-11-14-38-32(7-2-18-49-38)44(27)55-26-28/h1-26H. The van der Waals surface area contributed by atoms with Crippen molar-refractivity contribution in [2.24, 2.45) is 0 Å². The molecule has 0 saturated carbocycles. The molecule has 0 aliphatic rings. The van der Waals surface area contributed by atoms with Gasteiger partial charge in [-0.15, -0.1) is 0 Å². The molecule has 0 bridgehead atoms. The summed E-state index contributed by atoms with van der Waals surface area (Å²) in [4.78, 5) is 39.6. The Morgan fingerprint density at radius 2 is 0.857 bits per heavy atom. The van der Waals surface area contributed by atoms with Gasteiger partial charge in [-0.05, 0) is 109 Å². The van der Waals surface area contributed by atoms with Crippen LogP contribution in [0.2, 0.25) is 0 Å². The second-order valence-electron chi connectivity index (χ2n) is 14.0. The van der Waals surface area contributed by atoms with Gasteiger partial charge in [0.2, 0.25) is 0 Å². The number of rotatable bonds is 3. The molecule has 8 aromatic heterocycles. The van der Waals surface area contributed by atoms with Gasteiger partial charge in [0, 0.05) is 109 Å². The molecule has 0 amide bonds. The second kappa shape index (κ2) is 11.8. The molecular formula is C48H26N8. The molecule has 12 rings (SSSR count). The van der Waals surface area contributed by atoms with Crippen molar-refractivity contribution in [1.29, 1.82) is 0 Å². The average molecular weight is 715 g/mol. The fourth-order valence-electron chi connectivity index (χ4n) is 8.49. The van der Waals surface area contributed by atoms with Crippen LogP contribution in [0.15, 0.2) is 159 Å². The van der Waals surface area contributed by atoms with E-state index >= 15 is 0 Å². The molecule has 8 heteroatoms. The molecule has 8 nitrogen and oxygen atoms in total. The van der Waals surface area contributed by atoms with E-state index in [0.717, 1.165) is 121 Å². The minimum absolute atomic E-state index is 0.802. The van der Waals surface area contributed by atoms with E-state index in [2.05, 4.69) is 94.9 Å². The van der Waals surface area contributed by atoms with Crippen LogP contribution in [0, 0.1) is 0 Å². The molecule has 258 valence electrons. The Bertz CT molecular complexity index is 3620. The van der Waals surface area contributed by atoms with E-state index in [0.29, 0.717) is 0 Å². The molecule has 0 saturated heterocycles. The van der Waals surface area contributed by atoms with Crippen molar-refractivity contribution < 1.29 is 0 Å². The average Bonchev–Trinajstić information content (AvgIpc) is 3.27. The molecule has 8 heterocycles. The Kier molecular flexibility index (Phi) is 6.47. The number of fused-ring (bicyclic) bond motifs is 12. The van der Waals surface area contributed by atoms with Gasteiger partial charge in [-0.25, -0.2) is 4.98 Å². The number of hydrogen-bond acceptors (Lipinski definition) is 8. The van der Waals surface area contributed by atoms with Crippen LogP contribution in [-0.4, -0.2) is 39.9 Å². The topological polar surface area (TPSA) is 103 Å². The number of benzene rings is 4. The van der Waals surface area contributed by atoms with Crippen molar-refractivity contribution in [1.82, 2.24) is 39.9 Å². The first-order chi connectivity index (χ1) is 27.8. The lowest BCUT2D eigenvalue weighted by molar-refractivity contribution is 1.36. The molecule has 4 aromatic carbocycles. The van der Waals surface area contributed by atoms with E-state index in [1.807, 2.05) is 73.7 Å². The second-order valence-corrected chi connectivity index (χ2v) is 14.0. The van der Waals surface area contributed by atoms with Crippen LogP contribution >= 0.6 is 0 Å². The monoisotopic (exact) mass is 714 g/mol. The van der Waals surface area contributed by atoms with Crippen LogP contribution in [0.25, 0.3) is 121 Å². The van der Waals surface area contributed by atoms with E-state index in [9.17, 15) is 0 Å². The Balaban J connectivity index is 1.31. The smallest absolute Gasteiger partial charge is 0.0810 e. The normalized spacial score (nSPS) is 11.9. The summed E-state index contributed by atoms with van der Waals surface area (Å²) in [7, 11) is 0. The molecule has 12 aromatic rings. The highest BCUT2D eigenvalue weighted by molar-refractivity contribution is 6.21. The SMILES string of the molecule is c1cnc2c(c1)c(-c1nc3c(ccc4ncccc43)c(-c3cnc4c(ccc5ncccc54)c3)c1-c1ccnc3c1ccc1ncccc13)cc1ncccc12. The zero-order valence-corrected chi connectivity index (χ0v) is 29.6. The van der Waals surface area contributed by atoms with Crippen LogP contribution in [-0.2, 0) is 0 Å². The molecule has 0 fully saturated rings. The zero-order chi connectivity index (χ0) is 36.7. The predicted octanol–water partition coefficient (Wildman–Crippen LogP) is 11.1. The Morgan fingerprint density at radius 3 is 1.57 bits per heavy atom. The fraction of sp³-hybridized carbons (Fsp3) is 0. The Hall–Kier alpha value is -7.84. The van der Waals surface area contributed by atoms with E-state index in [1.54, 1.807) is 0 Å². The highest BCUT2D eigenvalue weighted by Crippen LogP contribution is 2.48. The summed E-state index contributed by atoms with van der Waals surface area (Å²) in [6.45, 7) is 0. The highest BCUT2D eigenvalue weighted by atomic mass is 14.8. The van der Waals surface area contributed by atoms with Crippen molar-refractivity contribution in [3.05, 3.63) is 159 Å². The molecule has 0 spiro atoms. The number of hydrogen-bond donors (Lipinski definition) is 0. The van der Waals surface area contributed by atoms with Gasteiger partial charge >= 0.3 is 0 Å². The van der Waals surface area contributed by atoms with Gasteiger partial charge in [0.05, 0.1) is 49.8 Å². The molecule has 0 atom stereocenters. The summed E-state index contributed by atoms with van der Waals surface area (Å²) in [6.07, 6.45) is 13.0. The molecular weight excluding hydrogens is 689 g/mol. The quantitative estimate of drug-likeness (QED) is 0.167. The third-order valence-corrected chi connectivity index (χ3v) is 10.9. The van der Waals surface area contributed by atoms with Gasteiger partial charge in [-0.1, -0.05) is 12.1 Å². The summed E-state index contributed by atoms with van der Waals surface area (Å²) in [5.74, 6) is 0. The van der Waals surface area contributed by atoms with Gasteiger partial charge < -0.3 is 0 Å². The number of aromatic nitrogens is 8. The summed E-state index contributed by atoms with van der Waals surface area (Å²) in [5, 5.41) is 7.92. The fourth-order valence-corrected chi connectivity index (χ4v) is 8.49. The summed E-state index contributed by atoms with van der Waals surface area (Å²) in [6, 6.07) is 39.5. The van der Waals surface area contributed by atoms with Crippen LogP contribution in [0.4, 0.5) is 0 Å². The Morgan fingerprint density at radius 1 is 0.321 bits per heavy atom. The maximum atomic E-state index is 5.71. The lowest BCUT2D eigenvalue weighted by atomic mass is 9.85. The van der Waals surface area contributed by atoms with Gasteiger partial charge in [-0.2, -0.15) is 0 Å². The molecule has 0 N–H and O–H groups in total. The third kappa shape index (κ3) is 4.47. The molecule has 0 radical (unpaired) electrons. The summed E-state index contributed by atoms with van der Waals surface area (Å²) in [5.41, 5.74) is 12.6. The first kappa shape index (κ1) is 30.6. The first-order valence-corrected chi connectivity index (χ1v) is 18.4. The molecule has 56 heavy (non-hydrogen) atoms. The number of nitrogens with zero attached hydrogens (tertiary/aromatic N) is 8. The lowest BCUT2D eigenvalue weighted by Gasteiger charge is -2.21. The van der Waals surface area contributed by atoms with Gasteiger partial charge in [0.1, 0.15) is 0 Å². The van der Waals surface area contributed by atoms with Gasteiger partial charge in [0.15, 0.2) is 0 Å². The first-order valence-electron chi connectivity index (χ1n) is 18.4. The van der Waals surface area contributed by atoms with E-state index in [4.69, 9.17) is 29.9 Å². The van der Waals surface area contributed by atoms with Crippen molar-refractivity contribution in [3.63, 3.8) is 0 Å². The highest BCUT2D eigenvalue weighted by Gasteiger charge is 2.25. The van der Waals surface area contributed by atoms with E-state index < -0.39 is 0 Å². The zero-order valence-electron chi connectivity index (χ0n) is 29.6. The van der Waals surface area contributed by atoms with E-state index in [1.165, 1.54) is 0 Å². The Labute approximate surface area is 318 Å². The maximum absolute atomic E-state index is 5.71. The molecule has 0 aliphatic heterocycles. The predicted molar refractivity (Wildman–Crippen MR) is 225 cm³/mol. The summed E-state index contributed by atoms with van der Waals surface area (Å²) >= 11 is 0. The molecule has 0 unspecified atom stereocenters. The van der Waals surface area contributed by atoms with Crippen LogP contribution in [0.3, 0.4) is 0 Å². The largest absolute Gasteiger partial charge is 0.256 e. The maximum Gasteiger partial charge on any atom is 0.0810 e. The minimum atomic E-state index is 0.802. The van der Waals surface area contributed by atoms with Crippen LogP contribution < -0.4 is 0 Å². The number of pyridine rings is 8. The van der Waals surface area contributed by atoms with Crippen molar-refractivity contribution in [2.45, 2.75) is 0 Å². The van der Waals surface area contributed by atoms with Gasteiger partial charge in [0.25, 0.3) is 0 Å². The van der Waals surface area contributed by atoms with E-state index in [-0.39, 0.29) is 0 Å². The van der Waals surface area contributed by atoms with Crippen molar-refractivity contribution in [2.75, 3.05) is 0 Å². The minimum Gasteiger partial charge on any atom is -0.256 e. The van der Waals surface area contributed by atoms with Crippen LogP contribution in [0.1, 0.15) is 0 Å². The molecule has 0 aliphatic carbocycles.